The van der Waals surface area contributed by atoms with Crippen molar-refractivity contribution in [3.05, 3.63) is 12.2 Å². The van der Waals surface area contributed by atoms with Crippen LogP contribution in [0.15, 0.2) is 12.2 Å². The molecule has 5 unspecified atom stereocenters. The molecule has 5 atom stereocenters. The SMILES string of the molecule is CC1CCN(C(=O)C(CCCCCC=CC2CC2C(N)=O)NC(=O)OC(C)(C)C)C1C(N)=O. The van der Waals surface area contributed by atoms with Crippen molar-refractivity contribution in [2.45, 2.75) is 90.3 Å². The summed E-state index contributed by atoms with van der Waals surface area (Å²) in [5.41, 5.74) is 10.1. The first-order valence-electron chi connectivity index (χ1n) is 12.0. The summed E-state index contributed by atoms with van der Waals surface area (Å²) in [6.45, 7) is 7.62. The van der Waals surface area contributed by atoms with E-state index < -0.39 is 29.7 Å². The highest BCUT2D eigenvalue weighted by atomic mass is 16.6. The van der Waals surface area contributed by atoms with Crippen LogP contribution in [0, 0.1) is 17.8 Å². The fourth-order valence-corrected chi connectivity index (χ4v) is 4.35. The highest BCUT2D eigenvalue weighted by Gasteiger charge is 2.41. The zero-order valence-corrected chi connectivity index (χ0v) is 20.3. The van der Waals surface area contributed by atoms with Crippen molar-refractivity contribution < 1.29 is 23.9 Å². The summed E-state index contributed by atoms with van der Waals surface area (Å²) in [4.78, 5) is 50.1. The maximum absolute atomic E-state index is 13.2. The van der Waals surface area contributed by atoms with Crippen LogP contribution in [0.3, 0.4) is 0 Å². The fraction of sp³-hybridized carbons (Fsp3) is 0.750. The van der Waals surface area contributed by atoms with Gasteiger partial charge in [-0.1, -0.05) is 31.9 Å². The smallest absolute Gasteiger partial charge is 0.408 e. The quantitative estimate of drug-likeness (QED) is 0.317. The number of nitrogens with zero attached hydrogens (tertiary/aromatic N) is 1. The van der Waals surface area contributed by atoms with E-state index in [1.165, 1.54) is 4.90 Å². The highest BCUT2D eigenvalue weighted by Crippen LogP contribution is 2.39. The maximum atomic E-state index is 13.2. The van der Waals surface area contributed by atoms with E-state index in [2.05, 4.69) is 17.5 Å². The highest BCUT2D eigenvalue weighted by molar-refractivity contribution is 5.91. The Bertz CT molecular complexity index is 760. The number of hydrogen-bond donors (Lipinski definition) is 3. The van der Waals surface area contributed by atoms with Crippen LogP contribution in [0.2, 0.25) is 0 Å². The van der Waals surface area contributed by atoms with Crippen LogP contribution in [0.25, 0.3) is 0 Å². The molecule has 9 heteroatoms. The summed E-state index contributed by atoms with van der Waals surface area (Å²) >= 11 is 0. The number of amides is 4. The third-order valence-corrected chi connectivity index (χ3v) is 6.22. The molecule has 0 spiro atoms. The van der Waals surface area contributed by atoms with Gasteiger partial charge in [0, 0.05) is 12.5 Å². The number of nitrogens with one attached hydrogen (secondary N) is 1. The number of rotatable bonds is 11. The van der Waals surface area contributed by atoms with Gasteiger partial charge in [0.2, 0.25) is 17.7 Å². The Morgan fingerprint density at radius 1 is 1.12 bits per heavy atom. The summed E-state index contributed by atoms with van der Waals surface area (Å²) in [5.74, 6) is -0.788. The van der Waals surface area contributed by atoms with Gasteiger partial charge in [-0.2, -0.15) is 0 Å². The van der Waals surface area contributed by atoms with Crippen LogP contribution in [-0.2, 0) is 19.1 Å². The number of carbonyl (C=O) groups is 4. The lowest BCUT2D eigenvalue weighted by molar-refractivity contribution is -0.139. The molecule has 0 bridgehead atoms. The van der Waals surface area contributed by atoms with E-state index in [-0.39, 0.29) is 29.6 Å². The molecule has 9 nitrogen and oxygen atoms in total. The van der Waals surface area contributed by atoms with Crippen molar-refractivity contribution in [3.8, 4) is 0 Å². The van der Waals surface area contributed by atoms with Crippen LogP contribution in [-0.4, -0.2) is 52.9 Å². The summed E-state index contributed by atoms with van der Waals surface area (Å²) in [6.07, 6.45) is 8.90. The summed E-state index contributed by atoms with van der Waals surface area (Å²) < 4.78 is 5.34. The second-order valence-electron chi connectivity index (χ2n) is 10.3. The van der Waals surface area contributed by atoms with Crippen LogP contribution in [0.1, 0.15) is 72.6 Å². The molecule has 0 aromatic rings. The van der Waals surface area contributed by atoms with Crippen molar-refractivity contribution >= 4 is 23.8 Å². The first-order chi connectivity index (χ1) is 15.4. The molecule has 1 saturated carbocycles. The molecular weight excluding hydrogens is 424 g/mol. The average molecular weight is 465 g/mol. The Morgan fingerprint density at radius 3 is 2.39 bits per heavy atom. The van der Waals surface area contributed by atoms with Crippen LogP contribution in [0.4, 0.5) is 4.79 Å². The minimum Gasteiger partial charge on any atom is -0.444 e. The Balaban J connectivity index is 1.87. The van der Waals surface area contributed by atoms with E-state index >= 15 is 0 Å². The largest absolute Gasteiger partial charge is 0.444 e. The molecule has 0 radical (unpaired) electrons. The topological polar surface area (TPSA) is 145 Å². The molecule has 0 aromatic carbocycles. The molecule has 1 aliphatic heterocycles. The van der Waals surface area contributed by atoms with Gasteiger partial charge in [0.25, 0.3) is 0 Å². The zero-order valence-electron chi connectivity index (χ0n) is 20.3. The lowest BCUT2D eigenvalue weighted by atomic mass is 10.0. The van der Waals surface area contributed by atoms with Crippen LogP contribution >= 0.6 is 0 Å². The van der Waals surface area contributed by atoms with Gasteiger partial charge in [-0.3, -0.25) is 14.4 Å². The van der Waals surface area contributed by atoms with E-state index in [4.69, 9.17) is 16.2 Å². The Labute approximate surface area is 196 Å². The van der Waals surface area contributed by atoms with Crippen LogP contribution in [0.5, 0.6) is 0 Å². The molecule has 4 amide bonds. The Hall–Kier alpha value is -2.58. The van der Waals surface area contributed by atoms with Gasteiger partial charge >= 0.3 is 6.09 Å². The Morgan fingerprint density at radius 2 is 1.82 bits per heavy atom. The first kappa shape index (κ1) is 26.7. The standard InChI is InChI=1S/C24H40N4O5/c1-15-12-13-28(19(15)21(26)30)22(31)18(27-23(32)33-24(2,3)4)11-9-7-5-6-8-10-16-14-17(16)20(25)29/h8,10,15-19H,5-7,9,11-14H2,1-4H3,(H2,25,29)(H2,26,30)(H,27,32). The minimum absolute atomic E-state index is 0.00974. The van der Waals surface area contributed by atoms with Crippen LogP contribution < -0.4 is 16.8 Å². The number of carbonyl (C=O) groups excluding carboxylic acids is 4. The molecule has 186 valence electrons. The molecule has 33 heavy (non-hydrogen) atoms. The lowest BCUT2D eigenvalue weighted by Crippen LogP contribution is -2.54. The molecule has 1 saturated heterocycles. The maximum Gasteiger partial charge on any atom is 0.408 e. The first-order valence-corrected chi connectivity index (χ1v) is 12.0. The van der Waals surface area contributed by atoms with Crippen molar-refractivity contribution in [3.63, 3.8) is 0 Å². The number of alkyl carbamates (subject to hydrolysis) is 1. The molecule has 1 aliphatic carbocycles. The summed E-state index contributed by atoms with van der Waals surface area (Å²) in [7, 11) is 0. The third kappa shape index (κ3) is 8.37. The molecule has 1 heterocycles. The summed E-state index contributed by atoms with van der Waals surface area (Å²) in [5, 5.41) is 2.70. The molecule has 2 aliphatic rings. The summed E-state index contributed by atoms with van der Waals surface area (Å²) in [6, 6.07) is -1.43. The second kappa shape index (κ2) is 11.5. The number of ether oxygens (including phenoxy) is 1. The van der Waals surface area contributed by atoms with Crippen molar-refractivity contribution in [1.29, 1.82) is 0 Å². The minimum atomic E-state index is -0.773. The molecule has 2 fully saturated rings. The van der Waals surface area contributed by atoms with Crippen molar-refractivity contribution in [2.75, 3.05) is 6.54 Å². The van der Waals surface area contributed by atoms with E-state index in [0.29, 0.717) is 19.4 Å². The molecule has 5 N–H and O–H groups in total. The number of allylic oxidation sites excluding steroid dienone is 2. The van der Waals surface area contributed by atoms with Gasteiger partial charge in [0.15, 0.2) is 0 Å². The molecular formula is C24H40N4O5. The average Bonchev–Trinajstić information content (AvgIpc) is 3.37. The normalized spacial score (nSPS) is 25.6. The molecule has 0 aromatic heterocycles. The van der Waals surface area contributed by atoms with Gasteiger partial charge in [-0.25, -0.2) is 4.79 Å². The Kier molecular flexibility index (Phi) is 9.31. The van der Waals surface area contributed by atoms with Gasteiger partial charge in [-0.05, 0) is 64.7 Å². The van der Waals surface area contributed by atoms with E-state index in [1.807, 2.05) is 6.92 Å². The van der Waals surface area contributed by atoms with Crippen molar-refractivity contribution in [1.82, 2.24) is 10.2 Å². The number of nitrogens with two attached hydrogens (primary N) is 2. The van der Waals surface area contributed by atoms with E-state index in [9.17, 15) is 19.2 Å². The van der Waals surface area contributed by atoms with Gasteiger partial charge < -0.3 is 26.4 Å². The lowest BCUT2D eigenvalue weighted by Gasteiger charge is -2.29. The predicted octanol–water partition coefficient (Wildman–Crippen LogP) is 2.23. The van der Waals surface area contributed by atoms with Gasteiger partial charge in [-0.15, -0.1) is 0 Å². The number of unbranched alkanes of at least 4 members (excludes halogenated alkanes) is 3. The van der Waals surface area contributed by atoms with E-state index in [0.717, 1.165) is 32.1 Å². The monoisotopic (exact) mass is 464 g/mol. The van der Waals surface area contributed by atoms with E-state index in [1.54, 1.807) is 20.8 Å². The molecule has 2 rings (SSSR count). The number of primary amides is 2. The predicted molar refractivity (Wildman–Crippen MR) is 125 cm³/mol. The number of likely N-dealkylation sites (tertiary alicyclic amines) is 1. The second-order valence-corrected chi connectivity index (χ2v) is 10.3. The third-order valence-electron chi connectivity index (χ3n) is 6.22. The zero-order chi connectivity index (χ0) is 24.8. The number of hydrogen-bond acceptors (Lipinski definition) is 5. The van der Waals surface area contributed by atoms with Gasteiger partial charge in [0.1, 0.15) is 17.7 Å². The van der Waals surface area contributed by atoms with Gasteiger partial charge in [0.05, 0.1) is 0 Å². The van der Waals surface area contributed by atoms with Crippen molar-refractivity contribution in [2.24, 2.45) is 29.2 Å². The fourth-order valence-electron chi connectivity index (χ4n) is 4.35.